The molecule has 1 aromatic carbocycles. The molecule has 0 bridgehead atoms. The molecule has 0 aliphatic carbocycles. The van der Waals surface area contributed by atoms with Crippen molar-refractivity contribution in [1.29, 1.82) is 0 Å². The molecular formula is C17H16N4O5S. The largest absolute Gasteiger partial charge is 0.462 e. The number of nitrogens with one attached hydrogen (secondary N) is 1. The Morgan fingerprint density at radius 2 is 2.04 bits per heavy atom. The van der Waals surface area contributed by atoms with E-state index in [4.69, 9.17) is 9.15 Å². The minimum atomic E-state index is -0.744. The second kappa shape index (κ2) is 7.96. The molecule has 0 fully saturated rings. The van der Waals surface area contributed by atoms with E-state index >= 15 is 0 Å². The molecule has 0 saturated carbocycles. The fourth-order valence-corrected chi connectivity index (χ4v) is 3.11. The lowest BCUT2D eigenvalue weighted by atomic mass is 10.2. The zero-order valence-corrected chi connectivity index (χ0v) is 15.4. The number of rotatable bonds is 6. The van der Waals surface area contributed by atoms with E-state index in [1.165, 1.54) is 0 Å². The van der Waals surface area contributed by atoms with Gasteiger partial charge in [-0.15, -0.1) is 5.10 Å². The van der Waals surface area contributed by atoms with Crippen molar-refractivity contribution in [3.05, 3.63) is 51.5 Å². The summed E-state index contributed by atoms with van der Waals surface area (Å²) in [5.41, 5.74) is 1.09. The summed E-state index contributed by atoms with van der Waals surface area (Å²) in [4.78, 5) is 40.3. The molecule has 0 atom stereocenters. The van der Waals surface area contributed by atoms with E-state index in [-0.39, 0.29) is 24.2 Å². The molecule has 3 rings (SSSR count). The van der Waals surface area contributed by atoms with E-state index < -0.39 is 17.6 Å². The highest BCUT2D eigenvalue weighted by Crippen LogP contribution is 2.23. The lowest BCUT2D eigenvalue weighted by Gasteiger charge is -2.00. The molecule has 10 heteroatoms. The Hall–Kier alpha value is -3.27. The van der Waals surface area contributed by atoms with E-state index in [9.17, 15) is 14.4 Å². The molecular weight excluding hydrogens is 372 g/mol. The summed E-state index contributed by atoms with van der Waals surface area (Å²) in [6.07, 6.45) is 0. The fourth-order valence-electron chi connectivity index (χ4n) is 2.23. The van der Waals surface area contributed by atoms with Gasteiger partial charge in [0.25, 0.3) is 0 Å². The number of aryl methyl sites for hydroxylation is 1. The van der Waals surface area contributed by atoms with Gasteiger partial charge in [-0.25, -0.2) is 14.6 Å². The normalized spacial score (nSPS) is 10.6. The molecule has 1 N–H and O–H groups in total. The SMILES string of the molecule is CCOC(=O)c1sc(NC(=O)Cn2nc(-c3ccccc3)oc2=O)nc1C. The Labute approximate surface area is 157 Å². The van der Waals surface area contributed by atoms with E-state index in [2.05, 4.69) is 15.4 Å². The van der Waals surface area contributed by atoms with Crippen LogP contribution in [0.3, 0.4) is 0 Å². The van der Waals surface area contributed by atoms with Crippen molar-refractivity contribution in [3.63, 3.8) is 0 Å². The van der Waals surface area contributed by atoms with Crippen molar-refractivity contribution in [2.75, 3.05) is 11.9 Å². The highest BCUT2D eigenvalue weighted by atomic mass is 32.1. The van der Waals surface area contributed by atoms with Gasteiger partial charge in [-0.2, -0.15) is 4.68 Å². The maximum absolute atomic E-state index is 12.2. The van der Waals surface area contributed by atoms with E-state index in [0.717, 1.165) is 16.0 Å². The van der Waals surface area contributed by atoms with Crippen molar-refractivity contribution in [3.8, 4) is 11.5 Å². The zero-order chi connectivity index (χ0) is 19.4. The Morgan fingerprint density at radius 3 is 2.74 bits per heavy atom. The number of carbonyl (C=O) groups excluding carboxylic acids is 2. The summed E-state index contributed by atoms with van der Waals surface area (Å²) < 4.78 is 10.9. The second-order valence-corrected chi connectivity index (χ2v) is 6.40. The van der Waals surface area contributed by atoms with Crippen LogP contribution in [-0.4, -0.2) is 33.2 Å². The number of hydrogen-bond donors (Lipinski definition) is 1. The van der Waals surface area contributed by atoms with Crippen molar-refractivity contribution in [2.24, 2.45) is 0 Å². The van der Waals surface area contributed by atoms with Gasteiger partial charge in [-0.05, 0) is 26.0 Å². The minimum absolute atomic E-state index is 0.128. The monoisotopic (exact) mass is 388 g/mol. The van der Waals surface area contributed by atoms with Gasteiger partial charge in [-0.1, -0.05) is 29.5 Å². The number of ether oxygens (including phenoxy) is 1. The first kappa shape index (κ1) is 18.5. The van der Waals surface area contributed by atoms with E-state index in [1.807, 2.05) is 6.07 Å². The Kier molecular flexibility index (Phi) is 5.46. The van der Waals surface area contributed by atoms with Gasteiger partial charge in [0.1, 0.15) is 11.4 Å². The molecule has 27 heavy (non-hydrogen) atoms. The average molecular weight is 388 g/mol. The van der Waals surface area contributed by atoms with Crippen LogP contribution in [0.4, 0.5) is 5.13 Å². The standard InChI is InChI=1S/C17H16N4O5S/c1-3-25-15(23)13-10(2)18-16(27-13)19-12(22)9-21-17(24)26-14(20-21)11-7-5-4-6-8-11/h4-8H,3,9H2,1-2H3,(H,18,19,22). The molecule has 0 saturated heterocycles. The quantitative estimate of drug-likeness (QED) is 0.643. The third-order valence-electron chi connectivity index (χ3n) is 3.42. The Balaban J connectivity index is 1.70. The molecule has 0 aliphatic heterocycles. The number of aromatic nitrogens is 3. The molecule has 0 spiro atoms. The van der Waals surface area contributed by atoms with Gasteiger partial charge < -0.3 is 14.5 Å². The van der Waals surface area contributed by atoms with E-state index in [0.29, 0.717) is 16.1 Å². The lowest BCUT2D eigenvalue weighted by molar-refractivity contribution is -0.117. The molecule has 3 aromatic rings. The van der Waals surface area contributed by atoms with Gasteiger partial charge in [0.05, 0.1) is 12.3 Å². The lowest BCUT2D eigenvalue weighted by Crippen LogP contribution is -2.25. The van der Waals surface area contributed by atoms with E-state index in [1.54, 1.807) is 38.1 Å². The average Bonchev–Trinajstić information content (AvgIpc) is 3.18. The number of hydrogen-bond acceptors (Lipinski definition) is 8. The van der Waals surface area contributed by atoms with Gasteiger partial charge in [0, 0.05) is 5.56 Å². The minimum Gasteiger partial charge on any atom is -0.462 e. The van der Waals surface area contributed by atoms with Crippen molar-refractivity contribution in [2.45, 2.75) is 20.4 Å². The summed E-state index contributed by atoms with van der Waals surface area (Å²) in [5, 5.41) is 6.80. The number of carbonyl (C=O) groups is 2. The smallest absolute Gasteiger partial charge is 0.437 e. The van der Waals surface area contributed by atoms with Gasteiger partial charge in [0.2, 0.25) is 11.8 Å². The number of anilines is 1. The highest BCUT2D eigenvalue weighted by molar-refractivity contribution is 7.17. The Morgan fingerprint density at radius 1 is 1.30 bits per heavy atom. The van der Waals surface area contributed by atoms with Crippen LogP contribution >= 0.6 is 11.3 Å². The molecule has 2 aromatic heterocycles. The van der Waals surface area contributed by atoms with Crippen LogP contribution in [0.15, 0.2) is 39.5 Å². The first-order valence-corrected chi connectivity index (χ1v) is 8.87. The summed E-state index contributed by atoms with van der Waals surface area (Å²) in [6, 6.07) is 8.88. The number of benzene rings is 1. The second-order valence-electron chi connectivity index (χ2n) is 5.40. The molecule has 140 valence electrons. The van der Waals surface area contributed by atoms with Crippen LogP contribution < -0.4 is 11.1 Å². The summed E-state index contributed by atoms with van der Waals surface area (Å²) in [6.45, 7) is 3.25. The van der Waals surface area contributed by atoms with Gasteiger partial charge >= 0.3 is 11.7 Å². The summed E-state index contributed by atoms with van der Waals surface area (Å²) in [5.74, 6) is -1.63. The maximum Gasteiger partial charge on any atom is 0.437 e. The van der Waals surface area contributed by atoms with Crippen LogP contribution in [0.25, 0.3) is 11.5 Å². The molecule has 0 radical (unpaired) electrons. The summed E-state index contributed by atoms with van der Waals surface area (Å²) >= 11 is 1.00. The molecule has 2 heterocycles. The van der Waals surface area contributed by atoms with Crippen LogP contribution in [0.5, 0.6) is 0 Å². The van der Waals surface area contributed by atoms with Crippen LogP contribution in [0.2, 0.25) is 0 Å². The molecule has 0 aliphatic rings. The number of esters is 1. The highest BCUT2D eigenvalue weighted by Gasteiger charge is 2.18. The maximum atomic E-state index is 12.2. The first-order valence-electron chi connectivity index (χ1n) is 8.05. The van der Waals surface area contributed by atoms with Gasteiger partial charge in [0.15, 0.2) is 5.13 Å². The number of nitrogens with zero attached hydrogens (tertiary/aromatic N) is 3. The van der Waals surface area contributed by atoms with Crippen molar-refractivity contribution in [1.82, 2.24) is 14.8 Å². The van der Waals surface area contributed by atoms with Gasteiger partial charge in [-0.3, -0.25) is 4.79 Å². The third-order valence-corrected chi connectivity index (χ3v) is 4.48. The van der Waals surface area contributed by atoms with Crippen LogP contribution in [0, 0.1) is 6.92 Å². The Bertz CT molecular complexity index is 1020. The van der Waals surface area contributed by atoms with Crippen molar-refractivity contribution < 1.29 is 18.7 Å². The van der Waals surface area contributed by atoms with Crippen LogP contribution in [-0.2, 0) is 16.1 Å². The summed E-state index contributed by atoms with van der Waals surface area (Å²) in [7, 11) is 0. The fraction of sp³-hybridized carbons (Fsp3) is 0.235. The molecule has 0 unspecified atom stereocenters. The predicted octanol–water partition coefficient (Wildman–Crippen LogP) is 2.08. The molecule has 9 nitrogen and oxygen atoms in total. The number of amides is 1. The van der Waals surface area contributed by atoms with Crippen LogP contribution in [0.1, 0.15) is 22.3 Å². The first-order chi connectivity index (χ1) is 13.0. The van der Waals surface area contributed by atoms with Crippen molar-refractivity contribution >= 4 is 28.3 Å². The topological polar surface area (TPSA) is 116 Å². The zero-order valence-electron chi connectivity index (χ0n) is 14.6. The number of thiazole rings is 1. The predicted molar refractivity (Wildman–Crippen MR) is 97.6 cm³/mol. The molecule has 1 amide bonds. The third kappa shape index (κ3) is 4.29.